The normalized spacial score (nSPS) is 10.7. The predicted octanol–water partition coefficient (Wildman–Crippen LogP) is 2.17. The zero-order chi connectivity index (χ0) is 11.3. The predicted molar refractivity (Wildman–Crippen MR) is 60.8 cm³/mol. The number of carbonyl (C=O) groups is 1. The van der Waals surface area contributed by atoms with Gasteiger partial charge in [-0.1, -0.05) is 20.8 Å². The van der Waals surface area contributed by atoms with Crippen LogP contribution in [0.2, 0.25) is 0 Å². The Morgan fingerprint density at radius 1 is 1.53 bits per heavy atom. The summed E-state index contributed by atoms with van der Waals surface area (Å²) in [6.07, 6.45) is 2.25. The average molecular weight is 206 g/mol. The molecule has 0 spiro atoms. The fourth-order valence-electron chi connectivity index (χ4n) is 1.32. The van der Waals surface area contributed by atoms with E-state index in [-0.39, 0.29) is 5.78 Å². The van der Waals surface area contributed by atoms with Gasteiger partial charge in [0.25, 0.3) is 0 Å². The Kier molecular flexibility index (Phi) is 4.43. The van der Waals surface area contributed by atoms with E-state index >= 15 is 0 Å². The second-order valence-electron chi connectivity index (χ2n) is 3.81. The van der Waals surface area contributed by atoms with E-state index in [4.69, 9.17) is 0 Å². The van der Waals surface area contributed by atoms with Crippen molar-refractivity contribution in [2.45, 2.75) is 39.8 Å². The molecule has 0 aliphatic rings. The number of hydrogen-bond donors (Lipinski definition) is 1. The van der Waals surface area contributed by atoms with Crippen LogP contribution < -0.4 is 5.32 Å². The second-order valence-corrected chi connectivity index (χ2v) is 3.81. The van der Waals surface area contributed by atoms with Crippen LogP contribution in [0, 0.1) is 0 Å². The van der Waals surface area contributed by atoms with Gasteiger partial charge in [0.2, 0.25) is 0 Å². The van der Waals surface area contributed by atoms with Crippen LogP contribution in [0.4, 0.5) is 0 Å². The number of pyridine rings is 1. The average Bonchev–Trinajstić information content (AvgIpc) is 2.25. The molecule has 0 aromatic carbocycles. The third kappa shape index (κ3) is 3.44. The van der Waals surface area contributed by atoms with Crippen LogP contribution in [0.1, 0.15) is 43.2 Å². The summed E-state index contributed by atoms with van der Waals surface area (Å²) in [7, 11) is 0. The van der Waals surface area contributed by atoms with Crippen LogP contribution in [-0.4, -0.2) is 16.8 Å². The minimum absolute atomic E-state index is 0.156. The van der Waals surface area contributed by atoms with E-state index < -0.39 is 0 Å². The Hall–Kier alpha value is -1.22. The maximum absolute atomic E-state index is 11.6. The molecule has 0 fully saturated rings. The van der Waals surface area contributed by atoms with Crippen molar-refractivity contribution in [3.63, 3.8) is 0 Å². The van der Waals surface area contributed by atoms with Gasteiger partial charge in [-0.2, -0.15) is 0 Å². The largest absolute Gasteiger partial charge is 0.309 e. The highest BCUT2D eigenvalue weighted by Gasteiger charge is 2.09. The highest BCUT2D eigenvalue weighted by Crippen LogP contribution is 2.08. The molecule has 0 amide bonds. The third-order valence-electron chi connectivity index (χ3n) is 2.19. The van der Waals surface area contributed by atoms with Crippen molar-refractivity contribution in [2.75, 3.05) is 0 Å². The Bertz CT molecular complexity index is 334. The van der Waals surface area contributed by atoms with Gasteiger partial charge in [0, 0.05) is 30.8 Å². The summed E-state index contributed by atoms with van der Waals surface area (Å²) >= 11 is 0. The van der Waals surface area contributed by atoms with E-state index in [9.17, 15) is 4.79 Å². The van der Waals surface area contributed by atoms with Gasteiger partial charge in [0.15, 0.2) is 5.78 Å². The van der Waals surface area contributed by atoms with Crippen molar-refractivity contribution in [1.82, 2.24) is 10.3 Å². The zero-order valence-corrected chi connectivity index (χ0v) is 9.58. The molecule has 0 aliphatic heterocycles. The first-order chi connectivity index (χ1) is 7.15. The first-order valence-electron chi connectivity index (χ1n) is 5.35. The van der Waals surface area contributed by atoms with Crippen LogP contribution in [0.15, 0.2) is 18.3 Å². The van der Waals surface area contributed by atoms with Crippen molar-refractivity contribution in [1.29, 1.82) is 0 Å². The topological polar surface area (TPSA) is 42.0 Å². The molecule has 0 bridgehead atoms. The highest BCUT2D eigenvalue weighted by atomic mass is 16.1. The minimum atomic E-state index is 0.156. The number of Topliss-reactive ketones (excluding diaryl/α,β-unsaturated/α-hetero) is 1. The number of hydrogen-bond acceptors (Lipinski definition) is 3. The molecule has 1 N–H and O–H groups in total. The Balaban J connectivity index is 2.81. The van der Waals surface area contributed by atoms with Gasteiger partial charge in [0.1, 0.15) is 0 Å². The molecule has 1 rings (SSSR count). The van der Waals surface area contributed by atoms with Gasteiger partial charge in [-0.3, -0.25) is 9.78 Å². The maximum atomic E-state index is 11.6. The lowest BCUT2D eigenvalue weighted by atomic mass is 10.1. The van der Waals surface area contributed by atoms with E-state index in [1.807, 2.05) is 19.1 Å². The summed E-state index contributed by atoms with van der Waals surface area (Å²) in [6.45, 7) is 6.67. The molecule has 0 aliphatic carbocycles. The number of carbonyl (C=O) groups excluding carboxylic acids is 1. The fourth-order valence-corrected chi connectivity index (χ4v) is 1.32. The number of rotatable bonds is 5. The van der Waals surface area contributed by atoms with Crippen molar-refractivity contribution in [2.24, 2.45) is 0 Å². The molecule has 3 heteroatoms. The molecule has 82 valence electrons. The first-order valence-corrected chi connectivity index (χ1v) is 5.35. The standard InChI is InChI=1S/C12H18N2O/c1-4-12(15)10-6-5-7-13-11(10)8-14-9(2)3/h5-7,9,14H,4,8H2,1-3H3. The van der Waals surface area contributed by atoms with Crippen LogP contribution in [-0.2, 0) is 6.54 Å². The smallest absolute Gasteiger partial charge is 0.164 e. The van der Waals surface area contributed by atoms with Crippen LogP contribution in [0.5, 0.6) is 0 Å². The summed E-state index contributed by atoms with van der Waals surface area (Å²) < 4.78 is 0. The summed E-state index contributed by atoms with van der Waals surface area (Å²) in [5, 5.41) is 3.27. The molecule has 1 heterocycles. The van der Waals surface area contributed by atoms with Crippen molar-refractivity contribution in [3.8, 4) is 0 Å². The summed E-state index contributed by atoms with van der Waals surface area (Å²) in [6, 6.07) is 4.05. The molecular formula is C12H18N2O. The van der Waals surface area contributed by atoms with E-state index in [1.54, 1.807) is 6.20 Å². The fraction of sp³-hybridized carbons (Fsp3) is 0.500. The molecule has 0 saturated heterocycles. The lowest BCUT2D eigenvalue weighted by Crippen LogP contribution is -2.23. The van der Waals surface area contributed by atoms with Gasteiger partial charge in [-0.25, -0.2) is 0 Å². The van der Waals surface area contributed by atoms with Gasteiger partial charge in [-0.15, -0.1) is 0 Å². The second kappa shape index (κ2) is 5.61. The molecule has 3 nitrogen and oxygen atoms in total. The van der Waals surface area contributed by atoms with Crippen molar-refractivity contribution in [3.05, 3.63) is 29.6 Å². The van der Waals surface area contributed by atoms with Crippen LogP contribution >= 0.6 is 0 Å². The van der Waals surface area contributed by atoms with Crippen LogP contribution in [0.3, 0.4) is 0 Å². The highest BCUT2D eigenvalue weighted by molar-refractivity contribution is 5.96. The Morgan fingerprint density at radius 2 is 2.27 bits per heavy atom. The summed E-state index contributed by atoms with van der Waals surface area (Å²) in [5.41, 5.74) is 1.59. The molecule has 0 atom stereocenters. The molecular weight excluding hydrogens is 188 g/mol. The SMILES string of the molecule is CCC(=O)c1cccnc1CNC(C)C. The molecule has 15 heavy (non-hydrogen) atoms. The number of aromatic nitrogens is 1. The Labute approximate surface area is 90.9 Å². The van der Waals surface area contributed by atoms with Crippen molar-refractivity contribution < 1.29 is 4.79 Å². The molecule has 0 saturated carbocycles. The van der Waals surface area contributed by atoms with Gasteiger partial charge < -0.3 is 5.32 Å². The van der Waals surface area contributed by atoms with Gasteiger partial charge in [-0.05, 0) is 12.1 Å². The van der Waals surface area contributed by atoms with E-state index in [0.29, 0.717) is 19.0 Å². The summed E-state index contributed by atoms with van der Waals surface area (Å²) in [4.78, 5) is 15.8. The number of nitrogens with zero attached hydrogens (tertiary/aromatic N) is 1. The summed E-state index contributed by atoms with van der Waals surface area (Å²) in [5.74, 6) is 0.156. The molecule has 1 aromatic heterocycles. The van der Waals surface area contributed by atoms with E-state index in [2.05, 4.69) is 24.1 Å². The van der Waals surface area contributed by atoms with E-state index in [1.165, 1.54) is 0 Å². The maximum Gasteiger partial charge on any atom is 0.164 e. The monoisotopic (exact) mass is 206 g/mol. The van der Waals surface area contributed by atoms with Crippen LogP contribution in [0.25, 0.3) is 0 Å². The molecule has 0 unspecified atom stereocenters. The number of ketones is 1. The quantitative estimate of drug-likeness (QED) is 0.751. The third-order valence-corrected chi connectivity index (χ3v) is 2.19. The molecule has 0 radical (unpaired) electrons. The lowest BCUT2D eigenvalue weighted by molar-refractivity contribution is 0.0986. The first kappa shape index (κ1) is 11.9. The zero-order valence-electron chi connectivity index (χ0n) is 9.58. The van der Waals surface area contributed by atoms with E-state index in [0.717, 1.165) is 11.3 Å². The minimum Gasteiger partial charge on any atom is -0.309 e. The molecule has 1 aromatic rings. The van der Waals surface area contributed by atoms with Crippen molar-refractivity contribution >= 4 is 5.78 Å². The lowest BCUT2D eigenvalue weighted by Gasteiger charge is -2.10. The van der Waals surface area contributed by atoms with Gasteiger partial charge >= 0.3 is 0 Å². The van der Waals surface area contributed by atoms with Gasteiger partial charge in [0.05, 0.1) is 5.69 Å². The Morgan fingerprint density at radius 3 is 2.87 bits per heavy atom. The number of nitrogens with one attached hydrogen (secondary N) is 1.